The Labute approximate surface area is 248 Å². The van der Waals surface area contributed by atoms with Crippen molar-refractivity contribution in [3.05, 3.63) is 0 Å². The van der Waals surface area contributed by atoms with Gasteiger partial charge in [0.1, 0.15) is 0 Å². The minimum atomic E-state index is -12.7. The van der Waals surface area contributed by atoms with Crippen molar-refractivity contribution in [2.24, 2.45) is 0 Å². The molecule has 0 aliphatic rings. The van der Waals surface area contributed by atoms with Crippen LogP contribution in [-0.4, -0.2) is 92.9 Å². The van der Waals surface area contributed by atoms with Crippen LogP contribution in [0.4, 0.5) is 140 Å². The summed E-state index contributed by atoms with van der Waals surface area (Å²) in [5.41, 5.74) is -20.2. The monoisotopic (exact) mass is 852 g/mol. The maximum atomic E-state index is 14.5. The molecule has 0 saturated carbocycles. The minimum absolute atomic E-state index is 0.829. The summed E-state index contributed by atoms with van der Waals surface area (Å²) in [5.74, 6) is -38.5. The maximum Gasteiger partial charge on any atom is 0.593 e. The normalized spacial score (nSPS) is 17.0. The molecule has 302 valence electrons. The second-order valence-electron chi connectivity index (χ2n) is 8.44. The molecule has 0 radical (unpaired) electrons. The fourth-order valence-electron chi connectivity index (χ4n) is 2.65. The Hall–Kier alpha value is -2.14. The van der Waals surface area contributed by atoms with Crippen molar-refractivity contribution in [3.63, 3.8) is 0 Å². The summed E-state index contributed by atoms with van der Waals surface area (Å²) in [5, 5.41) is 0. The second kappa shape index (κ2) is 11.9. The molecule has 50 heavy (non-hydrogen) atoms. The number of rotatable bonds is 9. The molecule has 0 rings (SSSR count). The van der Waals surface area contributed by atoms with E-state index in [1.54, 1.807) is 0 Å². The first kappa shape index (κ1) is 47.9. The quantitative estimate of drug-likeness (QED) is 0.171. The number of halogens is 32. The molecule has 36 heteroatoms. The number of alkyl halides is 32. The molecular weight excluding hydrogens is 852 g/mol. The predicted octanol–water partition coefficient (Wildman–Crippen LogP) is 9.99. The molecular formula is C14F32O3Si. The summed E-state index contributed by atoms with van der Waals surface area (Å²) in [4.78, 5) is 0. The third-order valence-electron chi connectivity index (χ3n) is 5.03. The lowest BCUT2D eigenvalue weighted by Gasteiger charge is -2.51. The van der Waals surface area contributed by atoms with Crippen LogP contribution >= 0.6 is 0 Å². The van der Waals surface area contributed by atoms with Crippen LogP contribution in [0.15, 0.2) is 0 Å². The van der Waals surface area contributed by atoms with Gasteiger partial charge in [-0.05, 0) is 0 Å². The van der Waals surface area contributed by atoms with Crippen molar-refractivity contribution in [2.75, 3.05) is 0 Å². The van der Waals surface area contributed by atoms with E-state index < -0.39 is 92.9 Å². The summed E-state index contributed by atoms with van der Waals surface area (Å²) in [7, 11) is -12.7. The van der Waals surface area contributed by atoms with Crippen LogP contribution in [0.1, 0.15) is 0 Å². The Bertz CT molecular complexity index is 1100. The smallest absolute Gasteiger partial charge is 0.342 e. The summed E-state index contributed by atoms with van der Waals surface area (Å²) in [6.07, 6.45) is -73.6. The average Bonchev–Trinajstić information content (AvgIpc) is 2.75. The zero-order valence-electron chi connectivity index (χ0n) is 20.8. The van der Waals surface area contributed by atoms with E-state index in [2.05, 4.69) is 0 Å². The maximum absolute atomic E-state index is 14.5. The van der Waals surface area contributed by atoms with E-state index in [1.165, 1.54) is 0 Å². The Balaban J connectivity index is 9.64. The molecule has 0 aromatic carbocycles. The Morgan fingerprint density at radius 2 is 0.480 bits per heavy atom. The number of hydrogen-bond donors (Lipinski definition) is 0. The van der Waals surface area contributed by atoms with Crippen molar-refractivity contribution in [1.82, 2.24) is 0 Å². The lowest BCUT2D eigenvalue weighted by molar-refractivity contribution is -0.487. The van der Waals surface area contributed by atoms with Crippen LogP contribution in [0.5, 0.6) is 0 Å². The Morgan fingerprint density at radius 3 is 0.640 bits per heavy atom. The third kappa shape index (κ3) is 6.99. The molecule has 0 fully saturated rings. The Morgan fingerprint density at radius 1 is 0.240 bits per heavy atom. The topological polar surface area (TPSA) is 27.7 Å². The van der Waals surface area contributed by atoms with Gasteiger partial charge in [-0.2, -0.15) is 140 Å². The van der Waals surface area contributed by atoms with Gasteiger partial charge < -0.3 is 13.3 Å². The molecule has 0 bridgehead atoms. The van der Waals surface area contributed by atoms with Crippen molar-refractivity contribution >= 4 is 8.80 Å². The fourth-order valence-corrected chi connectivity index (χ4v) is 5.47. The highest BCUT2D eigenvalue weighted by atomic mass is 28.4. The molecule has 0 aliphatic heterocycles. The lowest BCUT2D eigenvalue weighted by Crippen LogP contribution is -2.84. The zero-order valence-corrected chi connectivity index (χ0v) is 21.8. The van der Waals surface area contributed by atoms with Gasteiger partial charge in [0, 0.05) is 0 Å². The highest BCUT2D eigenvalue weighted by Gasteiger charge is 2.99. The van der Waals surface area contributed by atoms with Crippen LogP contribution < -0.4 is 0 Å². The predicted molar refractivity (Wildman–Crippen MR) is 82.7 cm³/mol. The first-order chi connectivity index (χ1) is 20.9. The molecule has 0 unspecified atom stereocenters. The first-order valence-corrected chi connectivity index (χ1v) is 11.7. The standard InChI is InChI=1S/C14F32O3Si/c15-2(16,3(17,18)8(27,28)29)1(6(21,22)23,7(24,25)26)47-50(14(45,46)13(42,43)44,48-4(19,9(30,31)32)10(33,34)35)49-5(20,11(36,37)38)12(39,40)41. The second-order valence-corrected chi connectivity index (χ2v) is 10.8. The van der Waals surface area contributed by atoms with Crippen LogP contribution in [0.25, 0.3) is 0 Å². The van der Waals surface area contributed by atoms with E-state index >= 15 is 0 Å². The van der Waals surface area contributed by atoms with Crippen LogP contribution in [0, 0.1) is 0 Å². The van der Waals surface area contributed by atoms with Gasteiger partial charge in [0.05, 0.1) is 0 Å². The zero-order chi connectivity index (χ0) is 41.6. The molecule has 0 aromatic heterocycles. The van der Waals surface area contributed by atoms with Gasteiger partial charge in [0.2, 0.25) is 0 Å². The largest absolute Gasteiger partial charge is 0.593 e. The van der Waals surface area contributed by atoms with E-state index in [0.29, 0.717) is 0 Å². The van der Waals surface area contributed by atoms with Crippen molar-refractivity contribution in [3.8, 4) is 0 Å². The van der Waals surface area contributed by atoms with Gasteiger partial charge >= 0.3 is 92.9 Å². The molecule has 0 N–H and O–H groups in total. The molecule has 0 atom stereocenters. The summed E-state index contributed by atoms with van der Waals surface area (Å²) >= 11 is 0. The number of hydrogen-bond acceptors (Lipinski definition) is 3. The molecule has 0 aliphatic carbocycles. The third-order valence-corrected chi connectivity index (χ3v) is 7.75. The molecule has 0 spiro atoms. The highest BCUT2D eigenvalue weighted by Crippen LogP contribution is 2.66. The fraction of sp³-hybridized carbons (Fsp3) is 1.00. The van der Waals surface area contributed by atoms with Crippen LogP contribution in [0.3, 0.4) is 0 Å². The van der Waals surface area contributed by atoms with Gasteiger partial charge in [-0.1, -0.05) is 0 Å². The summed E-state index contributed by atoms with van der Waals surface area (Å²) in [6, 6.07) is 0. The van der Waals surface area contributed by atoms with E-state index in [1.807, 2.05) is 0 Å². The highest BCUT2D eigenvalue weighted by molar-refractivity contribution is 6.64. The minimum Gasteiger partial charge on any atom is -0.342 e. The van der Waals surface area contributed by atoms with Gasteiger partial charge in [-0.15, -0.1) is 0 Å². The molecule has 0 saturated heterocycles. The summed E-state index contributed by atoms with van der Waals surface area (Å²) < 4.78 is 430. The molecule has 3 nitrogen and oxygen atoms in total. The van der Waals surface area contributed by atoms with E-state index in [4.69, 9.17) is 0 Å². The van der Waals surface area contributed by atoms with Crippen molar-refractivity contribution < 1.29 is 154 Å². The summed E-state index contributed by atoms with van der Waals surface area (Å²) in [6.45, 7) is 0. The molecule has 0 heterocycles. The Kier molecular flexibility index (Phi) is 11.4. The van der Waals surface area contributed by atoms with Crippen molar-refractivity contribution in [2.45, 2.75) is 84.1 Å². The SMILES string of the molecule is FC(F)(F)C(F)(F)C(F)(F)C(O[Si](OC(F)(C(F)(F)F)C(F)(F)F)(OC(F)(C(F)(F)F)C(F)(F)F)C(F)(F)C(F)(F)F)(C(F)(F)F)C(F)(F)F. The average molecular weight is 852 g/mol. The van der Waals surface area contributed by atoms with Crippen LogP contribution in [-0.2, 0) is 13.3 Å². The van der Waals surface area contributed by atoms with Crippen LogP contribution in [0.2, 0.25) is 0 Å². The lowest BCUT2D eigenvalue weighted by atomic mass is 9.88. The van der Waals surface area contributed by atoms with E-state index in [9.17, 15) is 140 Å². The molecule has 0 aromatic rings. The van der Waals surface area contributed by atoms with Gasteiger partial charge in [-0.25, -0.2) is 0 Å². The van der Waals surface area contributed by atoms with Gasteiger partial charge in [0.15, 0.2) is 0 Å². The van der Waals surface area contributed by atoms with E-state index in [-0.39, 0.29) is 0 Å². The first-order valence-electron chi connectivity index (χ1n) is 10.0. The molecule has 0 amide bonds. The van der Waals surface area contributed by atoms with E-state index in [0.717, 1.165) is 13.3 Å². The van der Waals surface area contributed by atoms with Gasteiger partial charge in [-0.3, -0.25) is 0 Å². The van der Waals surface area contributed by atoms with Crippen molar-refractivity contribution in [1.29, 1.82) is 0 Å². The van der Waals surface area contributed by atoms with Gasteiger partial charge in [0.25, 0.3) is 0 Å².